The maximum absolute atomic E-state index is 13.6. The van der Waals surface area contributed by atoms with Crippen LogP contribution in [0.25, 0.3) is 0 Å². The highest BCUT2D eigenvalue weighted by molar-refractivity contribution is 6.30. The van der Waals surface area contributed by atoms with E-state index in [0.717, 1.165) is 11.6 Å². The highest BCUT2D eigenvalue weighted by Crippen LogP contribution is 2.23. The molecule has 0 saturated carbocycles. The van der Waals surface area contributed by atoms with Crippen molar-refractivity contribution in [1.82, 2.24) is 0 Å². The van der Waals surface area contributed by atoms with Crippen molar-refractivity contribution < 1.29 is 19.0 Å². The van der Waals surface area contributed by atoms with Crippen LogP contribution in [0.15, 0.2) is 48.5 Å². The van der Waals surface area contributed by atoms with Gasteiger partial charge in [-0.25, -0.2) is 9.18 Å². The van der Waals surface area contributed by atoms with E-state index < -0.39 is 17.9 Å². The molecule has 0 unspecified atom stereocenters. The van der Waals surface area contributed by atoms with Crippen molar-refractivity contribution in [3.63, 3.8) is 0 Å². The standard InChI is InChI=1S/C15H12ClFO3/c16-11-6-7-13(12(17)9-11)20-14(15(18)19)8-10-4-2-1-3-5-10/h1-7,9,14H,8H2,(H,18,19)/t14-/m0/s1. The van der Waals surface area contributed by atoms with E-state index in [-0.39, 0.29) is 17.2 Å². The number of carboxylic acids is 1. The summed E-state index contributed by atoms with van der Waals surface area (Å²) in [6.07, 6.45) is -1.01. The summed E-state index contributed by atoms with van der Waals surface area (Å²) in [7, 11) is 0. The van der Waals surface area contributed by atoms with Crippen molar-refractivity contribution in [3.05, 3.63) is 64.9 Å². The third-order valence-electron chi connectivity index (χ3n) is 2.70. The normalized spacial score (nSPS) is 11.9. The average Bonchev–Trinajstić information content (AvgIpc) is 2.42. The Morgan fingerprint density at radius 3 is 2.55 bits per heavy atom. The monoisotopic (exact) mass is 294 g/mol. The van der Waals surface area contributed by atoms with Gasteiger partial charge in [0.05, 0.1) is 0 Å². The van der Waals surface area contributed by atoms with E-state index in [4.69, 9.17) is 21.4 Å². The number of hydrogen-bond donors (Lipinski definition) is 1. The third kappa shape index (κ3) is 3.71. The molecule has 2 aromatic rings. The van der Waals surface area contributed by atoms with Crippen LogP contribution in [0.1, 0.15) is 5.56 Å². The second-order valence-corrected chi connectivity index (χ2v) is 4.65. The van der Waals surface area contributed by atoms with Crippen LogP contribution in [0.4, 0.5) is 4.39 Å². The molecular formula is C15H12ClFO3. The van der Waals surface area contributed by atoms with Gasteiger partial charge in [-0.3, -0.25) is 0 Å². The lowest BCUT2D eigenvalue weighted by atomic mass is 10.1. The van der Waals surface area contributed by atoms with Crippen molar-refractivity contribution in [3.8, 4) is 5.75 Å². The predicted molar refractivity (Wildman–Crippen MR) is 73.6 cm³/mol. The molecule has 3 nitrogen and oxygen atoms in total. The molecule has 0 heterocycles. The molecule has 1 N–H and O–H groups in total. The Balaban J connectivity index is 2.15. The summed E-state index contributed by atoms with van der Waals surface area (Å²) < 4.78 is 18.8. The summed E-state index contributed by atoms with van der Waals surface area (Å²) in [6, 6.07) is 12.9. The maximum Gasteiger partial charge on any atom is 0.345 e. The fraction of sp³-hybridized carbons (Fsp3) is 0.133. The summed E-state index contributed by atoms with van der Waals surface area (Å²) >= 11 is 5.63. The SMILES string of the molecule is O=C(O)[C@H](Cc1ccccc1)Oc1ccc(Cl)cc1F. The molecule has 0 aromatic heterocycles. The molecule has 104 valence electrons. The van der Waals surface area contributed by atoms with Crippen LogP contribution < -0.4 is 4.74 Å². The smallest absolute Gasteiger partial charge is 0.345 e. The third-order valence-corrected chi connectivity index (χ3v) is 2.94. The van der Waals surface area contributed by atoms with Gasteiger partial charge in [0.25, 0.3) is 0 Å². The summed E-state index contributed by atoms with van der Waals surface area (Å²) in [4.78, 5) is 11.2. The van der Waals surface area contributed by atoms with Gasteiger partial charge in [0.2, 0.25) is 0 Å². The zero-order valence-corrected chi connectivity index (χ0v) is 11.2. The molecule has 0 aliphatic rings. The van der Waals surface area contributed by atoms with Crippen LogP contribution in [-0.4, -0.2) is 17.2 Å². The first-order valence-electron chi connectivity index (χ1n) is 5.94. The molecule has 0 fully saturated rings. The number of carbonyl (C=O) groups is 1. The van der Waals surface area contributed by atoms with E-state index in [9.17, 15) is 9.18 Å². The molecule has 2 rings (SSSR count). The number of ether oxygens (including phenoxy) is 1. The van der Waals surface area contributed by atoms with Gasteiger partial charge in [-0.15, -0.1) is 0 Å². The van der Waals surface area contributed by atoms with Gasteiger partial charge in [-0.05, 0) is 23.8 Å². The summed E-state index contributed by atoms with van der Waals surface area (Å²) in [5.74, 6) is -1.96. The second kappa shape index (κ2) is 6.39. The fourth-order valence-corrected chi connectivity index (χ4v) is 1.89. The molecule has 0 spiro atoms. The Hall–Kier alpha value is -2.07. The van der Waals surface area contributed by atoms with Gasteiger partial charge in [-0.1, -0.05) is 41.9 Å². The van der Waals surface area contributed by atoms with E-state index in [1.165, 1.54) is 12.1 Å². The topological polar surface area (TPSA) is 46.5 Å². The van der Waals surface area contributed by atoms with Crippen LogP contribution in [-0.2, 0) is 11.2 Å². The largest absolute Gasteiger partial charge is 0.478 e. The van der Waals surface area contributed by atoms with Crippen molar-refractivity contribution >= 4 is 17.6 Å². The number of halogens is 2. The van der Waals surface area contributed by atoms with E-state index in [1.807, 2.05) is 6.07 Å². The Bertz CT molecular complexity index is 601. The molecule has 0 aliphatic carbocycles. The van der Waals surface area contributed by atoms with Crippen LogP contribution >= 0.6 is 11.6 Å². The minimum absolute atomic E-state index is 0.127. The minimum atomic E-state index is -1.16. The molecule has 0 bridgehead atoms. The van der Waals surface area contributed by atoms with Gasteiger partial charge in [0, 0.05) is 11.4 Å². The second-order valence-electron chi connectivity index (χ2n) is 4.21. The first-order valence-corrected chi connectivity index (χ1v) is 6.32. The van der Waals surface area contributed by atoms with Crippen LogP contribution in [0.3, 0.4) is 0 Å². The van der Waals surface area contributed by atoms with E-state index >= 15 is 0 Å². The first kappa shape index (κ1) is 14.3. The van der Waals surface area contributed by atoms with E-state index in [1.54, 1.807) is 24.3 Å². The molecular weight excluding hydrogens is 283 g/mol. The van der Waals surface area contributed by atoms with E-state index in [0.29, 0.717) is 0 Å². The van der Waals surface area contributed by atoms with Gasteiger partial charge >= 0.3 is 5.97 Å². The van der Waals surface area contributed by atoms with Crippen LogP contribution in [0.2, 0.25) is 5.02 Å². The molecule has 2 aromatic carbocycles. The van der Waals surface area contributed by atoms with Crippen LogP contribution in [0, 0.1) is 5.82 Å². The zero-order valence-electron chi connectivity index (χ0n) is 10.4. The Morgan fingerprint density at radius 2 is 1.95 bits per heavy atom. The average molecular weight is 295 g/mol. The number of rotatable bonds is 5. The molecule has 0 aliphatic heterocycles. The minimum Gasteiger partial charge on any atom is -0.478 e. The lowest BCUT2D eigenvalue weighted by molar-refractivity contribution is -0.145. The number of hydrogen-bond acceptors (Lipinski definition) is 2. The lowest BCUT2D eigenvalue weighted by Gasteiger charge is -2.15. The summed E-state index contributed by atoms with van der Waals surface area (Å²) in [5.41, 5.74) is 0.800. The molecule has 20 heavy (non-hydrogen) atoms. The maximum atomic E-state index is 13.6. The molecule has 0 radical (unpaired) electrons. The van der Waals surface area contributed by atoms with Gasteiger partial charge in [0.15, 0.2) is 17.7 Å². The zero-order chi connectivity index (χ0) is 14.5. The summed E-state index contributed by atoms with van der Waals surface area (Å²) in [5, 5.41) is 9.39. The van der Waals surface area contributed by atoms with Crippen molar-refractivity contribution in [2.75, 3.05) is 0 Å². The summed E-state index contributed by atoms with van der Waals surface area (Å²) in [6.45, 7) is 0. The van der Waals surface area contributed by atoms with Gasteiger partial charge in [-0.2, -0.15) is 0 Å². The number of aliphatic carboxylic acids is 1. The first-order chi connectivity index (χ1) is 9.56. The highest BCUT2D eigenvalue weighted by atomic mass is 35.5. The van der Waals surface area contributed by atoms with Crippen molar-refractivity contribution in [2.45, 2.75) is 12.5 Å². The van der Waals surface area contributed by atoms with Gasteiger partial charge in [0.1, 0.15) is 0 Å². The van der Waals surface area contributed by atoms with Gasteiger partial charge < -0.3 is 9.84 Å². The number of carboxylic acid groups (broad SMARTS) is 1. The Kier molecular flexibility index (Phi) is 4.58. The van der Waals surface area contributed by atoms with E-state index in [2.05, 4.69) is 0 Å². The number of benzene rings is 2. The highest BCUT2D eigenvalue weighted by Gasteiger charge is 2.21. The molecule has 5 heteroatoms. The Labute approximate surface area is 120 Å². The molecule has 1 atom stereocenters. The molecule has 0 amide bonds. The van der Waals surface area contributed by atoms with Crippen molar-refractivity contribution in [1.29, 1.82) is 0 Å². The quantitative estimate of drug-likeness (QED) is 0.917. The fourth-order valence-electron chi connectivity index (χ4n) is 1.73. The lowest BCUT2D eigenvalue weighted by Crippen LogP contribution is -2.29. The van der Waals surface area contributed by atoms with Crippen LogP contribution in [0.5, 0.6) is 5.75 Å². The predicted octanol–water partition coefficient (Wildman–Crippen LogP) is 3.55. The van der Waals surface area contributed by atoms with Crippen molar-refractivity contribution in [2.24, 2.45) is 0 Å². The molecule has 0 saturated heterocycles. The Morgan fingerprint density at radius 1 is 1.25 bits per heavy atom.